The Morgan fingerprint density at radius 1 is 1.25 bits per heavy atom. The van der Waals surface area contributed by atoms with Crippen LogP contribution in [0.3, 0.4) is 0 Å². The van der Waals surface area contributed by atoms with Gasteiger partial charge in [-0.1, -0.05) is 42.6 Å². The Balaban J connectivity index is 1.94. The minimum atomic E-state index is -10.1. The number of nitrogens with two attached hydrogens (primary N) is 1. The average molecular weight is 517 g/mol. The highest BCUT2D eigenvalue weighted by atomic mass is 35.5. The van der Waals surface area contributed by atoms with E-state index in [9.17, 15) is 29.5 Å². The molecule has 6 nitrogen and oxygen atoms in total. The molecule has 32 heavy (non-hydrogen) atoms. The number of hydrogen-bond donors (Lipinski definition) is 1. The van der Waals surface area contributed by atoms with Gasteiger partial charge in [0, 0.05) is 0 Å². The normalized spacial score (nSPS) is 19.6. The summed E-state index contributed by atoms with van der Waals surface area (Å²) in [6, 6.07) is 1.91. The van der Waals surface area contributed by atoms with Crippen molar-refractivity contribution in [1.29, 1.82) is 5.26 Å². The number of benzene rings is 1. The van der Waals surface area contributed by atoms with Crippen molar-refractivity contribution in [3.63, 3.8) is 0 Å². The molecule has 0 bridgehead atoms. The lowest BCUT2D eigenvalue weighted by molar-refractivity contribution is -0.120. The average Bonchev–Trinajstić information content (AvgIpc) is 3.56. The summed E-state index contributed by atoms with van der Waals surface area (Å²) in [5.41, 5.74) is 3.73. The minimum Gasteiger partial charge on any atom is -0.477 e. The number of halogens is 7. The molecule has 0 atom stereocenters. The van der Waals surface area contributed by atoms with Crippen molar-refractivity contribution in [2.45, 2.75) is 36.0 Å². The molecule has 174 valence electrons. The van der Waals surface area contributed by atoms with Crippen molar-refractivity contribution in [3.05, 3.63) is 33.4 Å². The van der Waals surface area contributed by atoms with Gasteiger partial charge in [0.05, 0.1) is 27.6 Å². The summed E-state index contributed by atoms with van der Waals surface area (Å²) in [6.07, 6.45) is 2.39. The SMILES string of the molecule is N#Cc1nn(-c2c(Cl)cc(S(F)(F)(F)(F)F)cc2Cl)c(OCC2CC2)c1C1(C(N)=O)CC1. The number of ether oxygens (including phenoxy) is 1. The first-order valence-electron chi connectivity index (χ1n) is 9.27. The van der Waals surface area contributed by atoms with Crippen LogP contribution in [0.2, 0.25) is 10.0 Å². The van der Waals surface area contributed by atoms with Crippen molar-refractivity contribution in [2.75, 3.05) is 6.61 Å². The highest BCUT2D eigenvalue weighted by Gasteiger charge is 2.65. The van der Waals surface area contributed by atoms with Crippen molar-refractivity contribution in [2.24, 2.45) is 11.7 Å². The number of rotatable bonds is 7. The van der Waals surface area contributed by atoms with Gasteiger partial charge in [0.2, 0.25) is 11.8 Å². The summed E-state index contributed by atoms with van der Waals surface area (Å²) < 4.78 is 73.0. The van der Waals surface area contributed by atoms with E-state index in [1.807, 2.05) is 6.07 Å². The second kappa shape index (κ2) is 6.42. The Morgan fingerprint density at radius 2 is 1.81 bits per heavy atom. The molecule has 0 saturated heterocycles. The quantitative estimate of drug-likeness (QED) is 0.455. The molecule has 0 radical (unpaired) electrons. The van der Waals surface area contributed by atoms with E-state index in [2.05, 4.69) is 5.10 Å². The monoisotopic (exact) mass is 516 g/mol. The van der Waals surface area contributed by atoms with Crippen LogP contribution in [0.25, 0.3) is 5.69 Å². The molecule has 1 heterocycles. The molecule has 2 aliphatic rings. The molecule has 4 rings (SSSR count). The molecule has 0 spiro atoms. The number of nitriles is 1. The first kappa shape index (κ1) is 22.9. The van der Waals surface area contributed by atoms with E-state index in [1.54, 1.807) is 0 Å². The smallest absolute Gasteiger partial charge is 0.310 e. The molecular formula is C18H15Cl2F5N4O2S. The van der Waals surface area contributed by atoms with Crippen LogP contribution in [0.4, 0.5) is 19.4 Å². The van der Waals surface area contributed by atoms with Crippen molar-refractivity contribution < 1.29 is 29.0 Å². The van der Waals surface area contributed by atoms with Gasteiger partial charge < -0.3 is 10.5 Å². The number of aromatic nitrogens is 2. The lowest BCUT2D eigenvalue weighted by Crippen LogP contribution is -2.29. The van der Waals surface area contributed by atoms with Crippen molar-refractivity contribution >= 4 is 39.3 Å². The first-order chi connectivity index (χ1) is 14.6. The lowest BCUT2D eigenvalue weighted by atomic mass is 9.95. The number of hydrogen-bond acceptors (Lipinski definition) is 4. The maximum Gasteiger partial charge on any atom is 0.310 e. The van der Waals surface area contributed by atoms with Gasteiger partial charge in [-0.15, -0.1) is 0 Å². The lowest BCUT2D eigenvalue weighted by Gasteiger charge is -2.40. The van der Waals surface area contributed by atoms with Crippen LogP contribution in [0.1, 0.15) is 36.9 Å². The van der Waals surface area contributed by atoms with Crippen LogP contribution < -0.4 is 10.5 Å². The third kappa shape index (κ3) is 3.97. The molecule has 0 aliphatic heterocycles. The molecule has 1 aromatic carbocycles. The fraction of sp³-hybridized carbons (Fsp3) is 0.389. The van der Waals surface area contributed by atoms with Gasteiger partial charge in [-0.25, -0.2) is 0 Å². The zero-order valence-electron chi connectivity index (χ0n) is 16.1. The van der Waals surface area contributed by atoms with E-state index in [0.717, 1.165) is 17.5 Å². The summed E-state index contributed by atoms with van der Waals surface area (Å²) >= 11 is 11.9. The van der Waals surface area contributed by atoms with Gasteiger partial charge in [0.15, 0.2) is 5.69 Å². The molecule has 1 amide bonds. The maximum absolute atomic E-state index is 13.3. The Hall–Kier alpha value is -2.23. The predicted molar refractivity (Wildman–Crippen MR) is 108 cm³/mol. The molecule has 2 aromatic rings. The number of carbonyl (C=O) groups is 1. The first-order valence-corrected chi connectivity index (χ1v) is 12.0. The fourth-order valence-electron chi connectivity index (χ4n) is 3.39. The van der Waals surface area contributed by atoms with Gasteiger partial charge in [-0.05, 0) is 43.7 Å². The zero-order chi connectivity index (χ0) is 23.8. The second-order valence-electron chi connectivity index (χ2n) is 7.96. The Kier molecular flexibility index (Phi) is 4.61. The van der Waals surface area contributed by atoms with Gasteiger partial charge >= 0.3 is 10.2 Å². The summed E-state index contributed by atoms with van der Waals surface area (Å²) in [6.45, 7) is 0.178. The van der Waals surface area contributed by atoms with Crippen LogP contribution in [-0.4, -0.2) is 22.3 Å². The standard InChI is InChI=1S/C18H15Cl2F5N4O2S/c19-11-5-10(32(21,22,23,24)25)6-12(20)15(11)29-16(31-8-9-1-2-9)14(13(7-26)28-29)18(3-4-18)17(27)30/h5-6,9H,1-4,8H2,(H2,27,30). The van der Waals surface area contributed by atoms with Crippen LogP contribution in [0, 0.1) is 17.2 Å². The molecule has 14 heteroatoms. The minimum absolute atomic E-state index is 0.0450. The van der Waals surface area contributed by atoms with Gasteiger partial charge in [-0.2, -0.15) is 15.0 Å². The molecule has 1 aromatic heterocycles. The maximum atomic E-state index is 13.3. The molecule has 2 N–H and O–H groups in total. The summed E-state index contributed by atoms with van der Waals surface area (Å²) in [5.74, 6) is -0.645. The summed E-state index contributed by atoms with van der Waals surface area (Å²) in [5, 5.41) is 12.0. The number of primary amides is 1. The van der Waals surface area contributed by atoms with Gasteiger partial charge in [0.25, 0.3) is 0 Å². The number of nitrogens with zero attached hydrogens (tertiary/aromatic N) is 3. The molecule has 2 aliphatic carbocycles. The van der Waals surface area contributed by atoms with E-state index >= 15 is 0 Å². The summed E-state index contributed by atoms with van der Waals surface area (Å²) in [4.78, 5) is 9.85. The third-order valence-corrected chi connectivity index (χ3v) is 7.15. The van der Waals surface area contributed by atoms with Gasteiger partial charge in [0.1, 0.15) is 16.7 Å². The van der Waals surface area contributed by atoms with Crippen molar-refractivity contribution in [3.8, 4) is 17.6 Å². The van der Waals surface area contributed by atoms with Crippen molar-refractivity contribution in [1.82, 2.24) is 9.78 Å². The Morgan fingerprint density at radius 3 is 2.22 bits per heavy atom. The van der Waals surface area contributed by atoms with E-state index in [1.165, 1.54) is 0 Å². The van der Waals surface area contributed by atoms with E-state index < -0.39 is 42.2 Å². The van der Waals surface area contributed by atoms with Crippen LogP contribution in [0.15, 0.2) is 17.0 Å². The topological polar surface area (TPSA) is 93.9 Å². The third-order valence-electron chi connectivity index (χ3n) is 5.45. The van der Waals surface area contributed by atoms with Crippen LogP contribution in [0.5, 0.6) is 5.88 Å². The number of amides is 1. The van der Waals surface area contributed by atoms with Gasteiger partial charge in [-0.3, -0.25) is 4.79 Å². The molecular weight excluding hydrogens is 502 g/mol. The highest BCUT2D eigenvalue weighted by molar-refractivity contribution is 8.45. The highest BCUT2D eigenvalue weighted by Crippen LogP contribution is 3.02. The van der Waals surface area contributed by atoms with E-state index in [-0.39, 0.29) is 41.8 Å². The van der Waals surface area contributed by atoms with E-state index in [0.29, 0.717) is 12.8 Å². The van der Waals surface area contributed by atoms with Crippen LogP contribution >= 0.6 is 33.4 Å². The fourth-order valence-corrected chi connectivity index (χ4v) is 4.85. The zero-order valence-corrected chi connectivity index (χ0v) is 18.4. The predicted octanol–water partition coefficient (Wildman–Crippen LogP) is 6.01. The van der Waals surface area contributed by atoms with Crippen LogP contribution in [-0.2, 0) is 10.2 Å². The molecule has 2 fully saturated rings. The molecule has 2 saturated carbocycles. The summed E-state index contributed by atoms with van der Waals surface area (Å²) in [7, 11) is -10.1. The number of carbonyl (C=O) groups excluding carboxylic acids is 1. The Bertz CT molecular complexity index is 1180. The molecule has 0 unspecified atom stereocenters. The Labute approximate surface area is 188 Å². The second-order valence-corrected chi connectivity index (χ2v) is 11.2. The van der Waals surface area contributed by atoms with E-state index in [4.69, 9.17) is 33.7 Å². The largest absolute Gasteiger partial charge is 0.477 e.